The maximum atomic E-state index is 5.51. The molecular weight excluding hydrogens is 310 g/mol. The number of methoxy groups -OCH3 is 1. The van der Waals surface area contributed by atoms with Gasteiger partial charge in [-0.05, 0) is 29.3 Å². The fraction of sp³-hybridized carbons (Fsp3) is 0.143. The number of aromatic nitrogens is 1. The van der Waals surface area contributed by atoms with E-state index in [1.54, 1.807) is 20.4 Å². The molecule has 0 radical (unpaired) electrons. The van der Waals surface area contributed by atoms with E-state index in [1.807, 2.05) is 37.5 Å². The van der Waals surface area contributed by atoms with E-state index in [4.69, 9.17) is 4.74 Å². The Morgan fingerprint density at radius 1 is 1.00 bits per heavy atom. The van der Waals surface area contributed by atoms with Crippen LogP contribution in [0, 0.1) is 0 Å². The van der Waals surface area contributed by atoms with Crippen molar-refractivity contribution in [3.05, 3.63) is 72.6 Å². The lowest BCUT2D eigenvalue weighted by Crippen LogP contribution is -2.20. The van der Waals surface area contributed by atoms with Crippen LogP contribution in [-0.2, 0) is 0 Å². The van der Waals surface area contributed by atoms with Gasteiger partial charge < -0.3 is 10.1 Å². The van der Waals surface area contributed by atoms with Gasteiger partial charge in [0.15, 0.2) is 0 Å². The van der Waals surface area contributed by atoms with Gasteiger partial charge in [0.1, 0.15) is 11.6 Å². The van der Waals surface area contributed by atoms with Crippen molar-refractivity contribution >= 4 is 5.84 Å². The van der Waals surface area contributed by atoms with Gasteiger partial charge in [0.25, 0.3) is 0 Å². The number of nitrogens with zero attached hydrogens (tertiary/aromatic N) is 2. The van der Waals surface area contributed by atoms with Crippen LogP contribution < -0.4 is 10.1 Å². The average molecular weight is 331 g/mol. The van der Waals surface area contributed by atoms with Gasteiger partial charge in [0, 0.05) is 43.2 Å². The number of hydrogen-bond donors (Lipinski definition) is 1. The number of amidine groups is 1. The van der Waals surface area contributed by atoms with Gasteiger partial charge >= 0.3 is 0 Å². The smallest absolute Gasteiger partial charge is 0.128 e. The second-order valence-electron chi connectivity index (χ2n) is 5.52. The van der Waals surface area contributed by atoms with Crippen LogP contribution in [0.1, 0.15) is 5.56 Å². The first kappa shape index (κ1) is 16.7. The van der Waals surface area contributed by atoms with Gasteiger partial charge in [0.05, 0.1) is 7.11 Å². The summed E-state index contributed by atoms with van der Waals surface area (Å²) in [5, 5.41) is 3.18. The lowest BCUT2D eigenvalue weighted by molar-refractivity contribution is 0.416. The summed E-state index contributed by atoms with van der Waals surface area (Å²) in [6, 6.07) is 18.4. The Hall–Kier alpha value is -3.14. The molecule has 4 heteroatoms. The largest absolute Gasteiger partial charge is 0.496 e. The summed E-state index contributed by atoms with van der Waals surface area (Å²) in [5.41, 5.74) is 5.30. The summed E-state index contributed by atoms with van der Waals surface area (Å²) >= 11 is 0. The van der Waals surface area contributed by atoms with Gasteiger partial charge in [0.2, 0.25) is 0 Å². The third-order valence-electron chi connectivity index (χ3n) is 4.13. The molecule has 0 aliphatic rings. The number of rotatable bonds is 4. The molecule has 0 saturated carbocycles. The standard InChI is InChI=1S/C21H21N3O/c1-22-21(23-2)19-13-15(18-8-4-5-9-20(18)25-3)10-11-17(19)16-7-6-12-24-14-16/h4-14H,1-3H3,(H,22,23). The van der Waals surface area contributed by atoms with Crippen LogP contribution in [0.25, 0.3) is 22.3 Å². The highest BCUT2D eigenvalue weighted by Crippen LogP contribution is 2.33. The van der Waals surface area contributed by atoms with E-state index in [0.29, 0.717) is 0 Å². The molecule has 4 nitrogen and oxygen atoms in total. The molecule has 1 N–H and O–H groups in total. The second kappa shape index (κ2) is 7.62. The van der Waals surface area contributed by atoms with E-state index >= 15 is 0 Å². The van der Waals surface area contributed by atoms with Gasteiger partial charge in [-0.3, -0.25) is 9.98 Å². The number of pyridine rings is 1. The van der Waals surface area contributed by atoms with Crippen molar-refractivity contribution in [3.63, 3.8) is 0 Å². The van der Waals surface area contributed by atoms with Crippen LogP contribution >= 0.6 is 0 Å². The number of benzene rings is 2. The van der Waals surface area contributed by atoms with Crippen molar-refractivity contribution < 1.29 is 4.74 Å². The van der Waals surface area contributed by atoms with Crippen molar-refractivity contribution in [3.8, 4) is 28.0 Å². The first-order valence-corrected chi connectivity index (χ1v) is 8.11. The SMILES string of the molecule is CN=C(NC)c1cc(-c2ccccc2OC)ccc1-c1cccnc1. The zero-order valence-corrected chi connectivity index (χ0v) is 14.7. The Morgan fingerprint density at radius 2 is 1.84 bits per heavy atom. The topological polar surface area (TPSA) is 46.5 Å². The first-order valence-electron chi connectivity index (χ1n) is 8.11. The number of aliphatic imine (C=N–C) groups is 1. The maximum Gasteiger partial charge on any atom is 0.128 e. The average Bonchev–Trinajstić information content (AvgIpc) is 2.69. The molecule has 3 rings (SSSR count). The molecule has 1 heterocycles. The van der Waals surface area contributed by atoms with E-state index in [-0.39, 0.29) is 0 Å². The highest BCUT2D eigenvalue weighted by Gasteiger charge is 2.13. The number of hydrogen-bond acceptors (Lipinski definition) is 3. The first-order chi connectivity index (χ1) is 12.3. The summed E-state index contributed by atoms with van der Waals surface area (Å²) in [5.74, 6) is 1.68. The van der Waals surface area contributed by atoms with Crippen LogP contribution in [0.4, 0.5) is 0 Å². The highest BCUT2D eigenvalue weighted by molar-refractivity contribution is 6.05. The van der Waals surface area contributed by atoms with E-state index in [9.17, 15) is 0 Å². The highest BCUT2D eigenvalue weighted by atomic mass is 16.5. The normalized spacial score (nSPS) is 11.2. The van der Waals surface area contributed by atoms with E-state index in [2.05, 4.69) is 45.6 Å². The van der Waals surface area contributed by atoms with E-state index < -0.39 is 0 Å². The summed E-state index contributed by atoms with van der Waals surface area (Å²) in [6.07, 6.45) is 3.64. The molecule has 0 aliphatic heterocycles. The molecule has 0 bridgehead atoms. The summed E-state index contributed by atoms with van der Waals surface area (Å²) in [6.45, 7) is 0. The Labute approximate surface area is 148 Å². The lowest BCUT2D eigenvalue weighted by atomic mass is 9.94. The zero-order valence-electron chi connectivity index (χ0n) is 14.7. The second-order valence-corrected chi connectivity index (χ2v) is 5.52. The van der Waals surface area contributed by atoms with Crippen LogP contribution in [0.15, 0.2) is 72.0 Å². The van der Waals surface area contributed by atoms with E-state index in [0.717, 1.165) is 39.4 Å². The minimum atomic E-state index is 0.829. The number of para-hydroxylation sites is 1. The molecule has 0 aliphatic carbocycles. The molecule has 0 fully saturated rings. The molecule has 3 aromatic rings. The predicted molar refractivity (Wildman–Crippen MR) is 103 cm³/mol. The minimum absolute atomic E-state index is 0.829. The summed E-state index contributed by atoms with van der Waals surface area (Å²) in [4.78, 5) is 8.64. The molecule has 25 heavy (non-hydrogen) atoms. The fourth-order valence-electron chi connectivity index (χ4n) is 2.93. The van der Waals surface area contributed by atoms with E-state index in [1.165, 1.54) is 0 Å². The van der Waals surface area contributed by atoms with Crippen molar-refractivity contribution in [2.24, 2.45) is 4.99 Å². The predicted octanol–water partition coefficient (Wildman–Crippen LogP) is 4.02. The van der Waals surface area contributed by atoms with Gasteiger partial charge in [-0.2, -0.15) is 0 Å². The fourth-order valence-corrected chi connectivity index (χ4v) is 2.93. The zero-order chi connectivity index (χ0) is 17.6. The van der Waals surface area contributed by atoms with Gasteiger partial charge in [-0.25, -0.2) is 0 Å². The molecule has 0 amide bonds. The van der Waals surface area contributed by atoms with Crippen molar-refractivity contribution in [2.75, 3.05) is 21.2 Å². The molecule has 0 unspecified atom stereocenters. The molecule has 126 valence electrons. The summed E-state index contributed by atoms with van der Waals surface area (Å²) in [7, 11) is 5.36. The van der Waals surface area contributed by atoms with Crippen LogP contribution in [0.2, 0.25) is 0 Å². The van der Waals surface area contributed by atoms with Crippen molar-refractivity contribution in [1.82, 2.24) is 10.3 Å². The maximum absolute atomic E-state index is 5.51. The number of nitrogens with one attached hydrogen (secondary N) is 1. The Balaban J connectivity index is 2.20. The van der Waals surface area contributed by atoms with Crippen LogP contribution in [0.5, 0.6) is 5.75 Å². The monoisotopic (exact) mass is 331 g/mol. The molecule has 0 saturated heterocycles. The quantitative estimate of drug-likeness (QED) is 0.580. The number of ether oxygens (including phenoxy) is 1. The van der Waals surface area contributed by atoms with Gasteiger partial charge in [-0.1, -0.05) is 36.4 Å². The van der Waals surface area contributed by atoms with Crippen molar-refractivity contribution in [2.45, 2.75) is 0 Å². The van der Waals surface area contributed by atoms with Gasteiger partial charge in [-0.15, -0.1) is 0 Å². The third kappa shape index (κ3) is 3.38. The third-order valence-corrected chi connectivity index (χ3v) is 4.13. The molecular formula is C21H21N3O. The Morgan fingerprint density at radius 3 is 2.52 bits per heavy atom. The Bertz CT molecular complexity index is 889. The Kier molecular flexibility index (Phi) is 5.09. The van der Waals surface area contributed by atoms with Crippen LogP contribution in [0.3, 0.4) is 0 Å². The molecule has 1 aromatic heterocycles. The lowest BCUT2D eigenvalue weighted by Gasteiger charge is -2.15. The molecule has 0 spiro atoms. The van der Waals surface area contributed by atoms with Crippen LogP contribution in [-0.4, -0.2) is 32.0 Å². The molecule has 0 atom stereocenters. The minimum Gasteiger partial charge on any atom is -0.496 e. The molecule has 2 aromatic carbocycles. The summed E-state index contributed by atoms with van der Waals surface area (Å²) < 4.78 is 5.51. The van der Waals surface area contributed by atoms with Crippen molar-refractivity contribution in [1.29, 1.82) is 0 Å².